The summed E-state index contributed by atoms with van der Waals surface area (Å²) in [5.41, 5.74) is 6.37. The molecule has 0 bridgehead atoms. The van der Waals surface area contributed by atoms with Crippen molar-refractivity contribution in [2.24, 2.45) is 0 Å². The molecule has 2 heterocycles. The molecule has 1 atom stereocenters. The highest BCUT2D eigenvalue weighted by molar-refractivity contribution is 6.29. The molecule has 92 valence electrons. The first-order valence-electron chi connectivity index (χ1n) is 5.49. The lowest BCUT2D eigenvalue weighted by Crippen LogP contribution is -2.43. The lowest BCUT2D eigenvalue weighted by molar-refractivity contribution is -0.132. The normalized spacial score (nSPS) is 20.5. The Morgan fingerprint density at radius 3 is 3.06 bits per heavy atom. The number of nitrogens with one attached hydrogen (secondary N) is 1. The van der Waals surface area contributed by atoms with E-state index in [4.69, 9.17) is 17.3 Å². The van der Waals surface area contributed by atoms with Crippen molar-refractivity contribution in [3.05, 3.63) is 17.3 Å². The molecular formula is C11H15ClN4O. The number of amides is 1. The number of nitrogen functional groups attached to an aromatic ring is 1. The molecule has 0 aromatic carbocycles. The van der Waals surface area contributed by atoms with Gasteiger partial charge in [-0.25, -0.2) is 4.98 Å². The number of pyridine rings is 1. The van der Waals surface area contributed by atoms with Crippen molar-refractivity contribution >= 4 is 29.0 Å². The van der Waals surface area contributed by atoms with Gasteiger partial charge in [-0.1, -0.05) is 11.6 Å². The zero-order chi connectivity index (χ0) is 12.4. The average Bonchev–Trinajstić information content (AvgIpc) is 2.29. The highest BCUT2D eigenvalue weighted by atomic mass is 35.5. The van der Waals surface area contributed by atoms with Crippen LogP contribution < -0.4 is 11.1 Å². The molecule has 6 heteroatoms. The van der Waals surface area contributed by atoms with Crippen LogP contribution in [0.25, 0.3) is 0 Å². The zero-order valence-corrected chi connectivity index (χ0v) is 10.4. The minimum absolute atomic E-state index is 0.172. The summed E-state index contributed by atoms with van der Waals surface area (Å²) in [5, 5.41) is 3.63. The van der Waals surface area contributed by atoms with Crippen LogP contribution >= 0.6 is 11.6 Å². The van der Waals surface area contributed by atoms with Crippen LogP contribution in [0.15, 0.2) is 12.1 Å². The minimum atomic E-state index is 0.172. The molecule has 1 fully saturated rings. The molecule has 1 aromatic heterocycles. The van der Waals surface area contributed by atoms with Gasteiger partial charge in [-0.2, -0.15) is 0 Å². The summed E-state index contributed by atoms with van der Waals surface area (Å²) in [6, 6.07) is 3.54. The molecule has 0 aliphatic carbocycles. The first-order chi connectivity index (χ1) is 8.06. The third-order valence-electron chi connectivity index (χ3n) is 2.86. The molecule has 1 aromatic rings. The summed E-state index contributed by atoms with van der Waals surface area (Å²) >= 11 is 5.82. The predicted octanol–water partition coefficient (Wildman–Crippen LogP) is 1.35. The summed E-state index contributed by atoms with van der Waals surface area (Å²) in [6.45, 7) is 0.659. The van der Waals surface area contributed by atoms with Crippen LogP contribution in [0.5, 0.6) is 0 Å². The molecular weight excluding hydrogens is 240 g/mol. The number of halogens is 1. The number of nitrogens with zero attached hydrogens (tertiary/aromatic N) is 2. The summed E-state index contributed by atoms with van der Waals surface area (Å²) in [5.74, 6) is 0.764. The number of hydrogen-bond donors (Lipinski definition) is 2. The van der Waals surface area contributed by atoms with Gasteiger partial charge in [0.15, 0.2) is 5.82 Å². The lowest BCUT2D eigenvalue weighted by Gasteiger charge is -2.30. The third-order valence-corrected chi connectivity index (χ3v) is 3.07. The maximum absolute atomic E-state index is 11.3. The minimum Gasteiger partial charge on any atom is -0.396 e. The molecule has 3 N–H and O–H groups in total. The van der Waals surface area contributed by atoms with Gasteiger partial charge < -0.3 is 16.0 Å². The number of rotatable bonds is 2. The van der Waals surface area contributed by atoms with Crippen LogP contribution in [-0.4, -0.2) is 35.4 Å². The van der Waals surface area contributed by atoms with Crippen molar-refractivity contribution in [2.45, 2.75) is 18.9 Å². The molecule has 5 nitrogen and oxygen atoms in total. The van der Waals surface area contributed by atoms with E-state index in [9.17, 15) is 4.79 Å². The number of likely N-dealkylation sites (tertiary alicyclic amines) is 1. The van der Waals surface area contributed by atoms with Crippen molar-refractivity contribution < 1.29 is 4.79 Å². The van der Waals surface area contributed by atoms with E-state index < -0.39 is 0 Å². The largest absolute Gasteiger partial charge is 0.396 e. The van der Waals surface area contributed by atoms with Gasteiger partial charge in [-0.15, -0.1) is 0 Å². The van der Waals surface area contributed by atoms with Gasteiger partial charge in [0, 0.05) is 26.1 Å². The summed E-state index contributed by atoms with van der Waals surface area (Å²) in [4.78, 5) is 17.2. The zero-order valence-electron chi connectivity index (χ0n) is 9.61. The maximum Gasteiger partial charge on any atom is 0.222 e. The monoisotopic (exact) mass is 254 g/mol. The highest BCUT2D eigenvalue weighted by Gasteiger charge is 2.23. The molecule has 0 radical (unpaired) electrons. The van der Waals surface area contributed by atoms with Gasteiger partial charge in [0.1, 0.15) is 5.15 Å². The van der Waals surface area contributed by atoms with E-state index in [2.05, 4.69) is 10.3 Å². The fourth-order valence-corrected chi connectivity index (χ4v) is 2.03. The van der Waals surface area contributed by atoms with Crippen LogP contribution in [-0.2, 0) is 4.79 Å². The number of anilines is 2. The summed E-state index contributed by atoms with van der Waals surface area (Å²) in [7, 11) is 1.80. The van der Waals surface area contributed by atoms with E-state index >= 15 is 0 Å². The molecule has 1 amide bonds. The Labute approximate surface area is 105 Å². The molecule has 17 heavy (non-hydrogen) atoms. The van der Waals surface area contributed by atoms with E-state index in [-0.39, 0.29) is 11.9 Å². The van der Waals surface area contributed by atoms with Gasteiger partial charge in [-0.05, 0) is 18.6 Å². The first-order valence-corrected chi connectivity index (χ1v) is 5.86. The summed E-state index contributed by atoms with van der Waals surface area (Å²) in [6.07, 6.45) is 1.34. The number of piperidine rings is 1. The van der Waals surface area contributed by atoms with Gasteiger partial charge in [0.25, 0.3) is 0 Å². The predicted molar refractivity (Wildman–Crippen MR) is 67.9 cm³/mol. The van der Waals surface area contributed by atoms with E-state index in [1.807, 2.05) is 0 Å². The van der Waals surface area contributed by atoms with E-state index in [0.717, 1.165) is 6.42 Å². The van der Waals surface area contributed by atoms with Crippen molar-refractivity contribution in [1.82, 2.24) is 9.88 Å². The second-order valence-electron chi connectivity index (χ2n) is 4.23. The van der Waals surface area contributed by atoms with Crippen LogP contribution in [0.1, 0.15) is 12.8 Å². The third kappa shape index (κ3) is 2.79. The number of hydrogen-bond acceptors (Lipinski definition) is 4. The van der Waals surface area contributed by atoms with Gasteiger partial charge in [0.2, 0.25) is 5.91 Å². The number of aromatic nitrogens is 1. The fourth-order valence-electron chi connectivity index (χ4n) is 1.89. The number of nitrogens with two attached hydrogens (primary N) is 1. The Hall–Kier alpha value is -1.49. The van der Waals surface area contributed by atoms with Crippen molar-refractivity contribution in [3.63, 3.8) is 0 Å². The molecule has 1 saturated heterocycles. The second-order valence-corrected chi connectivity index (χ2v) is 4.61. The Bertz CT molecular complexity index is 437. The van der Waals surface area contributed by atoms with Crippen molar-refractivity contribution in [2.75, 3.05) is 24.6 Å². The maximum atomic E-state index is 11.3. The first kappa shape index (κ1) is 12.0. The van der Waals surface area contributed by atoms with Crippen LogP contribution in [0.2, 0.25) is 5.15 Å². The van der Waals surface area contributed by atoms with Crippen molar-refractivity contribution in [1.29, 1.82) is 0 Å². The Morgan fingerprint density at radius 1 is 1.59 bits per heavy atom. The smallest absolute Gasteiger partial charge is 0.222 e. The van der Waals surface area contributed by atoms with E-state index in [0.29, 0.717) is 29.6 Å². The van der Waals surface area contributed by atoms with Crippen molar-refractivity contribution in [3.8, 4) is 0 Å². The van der Waals surface area contributed by atoms with Crippen LogP contribution in [0.4, 0.5) is 11.5 Å². The molecule has 1 aliphatic rings. The molecule has 0 saturated carbocycles. The molecule has 1 unspecified atom stereocenters. The number of carbonyl (C=O) groups is 1. The quantitative estimate of drug-likeness (QED) is 0.782. The van der Waals surface area contributed by atoms with Gasteiger partial charge >= 0.3 is 0 Å². The van der Waals surface area contributed by atoms with E-state index in [1.54, 1.807) is 24.1 Å². The standard InChI is InChI=1S/C11H15ClN4O/c1-16-6-7(2-5-10(16)17)14-11-8(13)3-4-9(12)15-11/h3-4,7H,2,5-6,13H2,1H3,(H,14,15). The molecule has 0 spiro atoms. The topological polar surface area (TPSA) is 71.2 Å². The SMILES string of the molecule is CN1CC(Nc2nc(Cl)ccc2N)CCC1=O. The fraction of sp³-hybridized carbons (Fsp3) is 0.455. The van der Waals surface area contributed by atoms with E-state index in [1.165, 1.54) is 0 Å². The van der Waals surface area contributed by atoms with Crippen LogP contribution in [0, 0.1) is 0 Å². The number of likely N-dealkylation sites (N-methyl/N-ethyl adjacent to an activating group) is 1. The van der Waals surface area contributed by atoms with Crippen LogP contribution in [0.3, 0.4) is 0 Å². The average molecular weight is 255 g/mol. The van der Waals surface area contributed by atoms with Gasteiger partial charge in [-0.3, -0.25) is 4.79 Å². The van der Waals surface area contributed by atoms with Gasteiger partial charge in [0.05, 0.1) is 5.69 Å². The molecule has 2 rings (SSSR count). The highest BCUT2D eigenvalue weighted by Crippen LogP contribution is 2.21. The Morgan fingerprint density at radius 2 is 2.35 bits per heavy atom. The Balaban J connectivity index is 2.06. The Kier molecular flexibility index (Phi) is 3.38. The molecule has 1 aliphatic heterocycles. The second kappa shape index (κ2) is 4.79. The lowest BCUT2D eigenvalue weighted by atomic mass is 10.1. The summed E-state index contributed by atoms with van der Waals surface area (Å²) < 4.78 is 0. The number of carbonyl (C=O) groups excluding carboxylic acids is 1.